The lowest BCUT2D eigenvalue weighted by molar-refractivity contribution is -0.387. The lowest BCUT2D eigenvalue weighted by Gasteiger charge is -2.05. The highest BCUT2D eigenvalue weighted by Crippen LogP contribution is 2.38. The predicted molar refractivity (Wildman–Crippen MR) is 70.1 cm³/mol. The number of phenols is 1. The molecule has 0 saturated heterocycles. The number of para-hydroxylation sites is 1. The van der Waals surface area contributed by atoms with Crippen molar-refractivity contribution in [1.82, 2.24) is 0 Å². The predicted octanol–water partition coefficient (Wildman–Crippen LogP) is 3.76. The minimum atomic E-state index is -0.407. The van der Waals surface area contributed by atoms with Gasteiger partial charge < -0.3 is 5.11 Å². The molecule has 0 radical (unpaired) electrons. The molecular formula is C13H11NO3S. The SMILES string of the molecule is Cc1ccc(Sc2ccccc2O)c([N+](=O)[O-])c1. The van der Waals surface area contributed by atoms with Crippen LogP contribution in [0.5, 0.6) is 5.75 Å². The molecule has 0 aliphatic rings. The average Bonchev–Trinajstić information content (AvgIpc) is 2.34. The lowest BCUT2D eigenvalue weighted by Crippen LogP contribution is -1.91. The standard InChI is InChI=1S/C13H11NO3S/c1-9-6-7-12(10(8-9)14(16)17)18-13-5-3-2-4-11(13)15/h2-8,15H,1H3. The van der Waals surface area contributed by atoms with Gasteiger partial charge in [-0.3, -0.25) is 10.1 Å². The maximum absolute atomic E-state index is 11.0. The molecule has 18 heavy (non-hydrogen) atoms. The van der Waals surface area contributed by atoms with Crippen molar-refractivity contribution in [3.63, 3.8) is 0 Å². The fraction of sp³-hybridized carbons (Fsp3) is 0.0769. The second-order valence-electron chi connectivity index (χ2n) is 3.80. The van der Waals surface area contributed by atoms with Crippen molar-refractivity contribution in [3.8, 4) is 5.75 Å². The van der Waals surface area contributed by atoms with E-state index in [-0.39, 0.29) is 11.4 Å². The molecule has 0 aliphatic heterocycles. The van der Waals surface area contributed by atoms with Crippen molar-refractivity contribution in [1.29, 1.82) is 0 Å². The van der Waals surface area contributed by atoms with Crippen molar-refractivity contribution in [2.75, 3.05) is 0 Å². The van der Waals surface area contributed by atoms with Crippen LogP contribution in [-0.4, -0.2) is 10.0 Å². The van der Waals surface area contributed by atoms with Gasteiger partial charge in [-0.05, 0) is 30.7 Å². The molecule has 1 N–H and O–H groups in total. The van der Waals surface area contributed by atoms with Gasteiger partial charge >= 0.3 is 0 Å². The van der Waals surface area contributed by atoms with E-state index in [0.717, 1.165) is 5.56 Å². The Morgan fingerprint density at radius 2 is 1.89 bits per heavy atom. The monoisotopic (exact) mass is 261 g/mol. The van der Waals surface area contributed by atoms with E-state index in [1.807, 2.05) is 6.07 Å². The molecule has 0 saturated carbocycles. The number of benzene rings is 2. The second-order valence-corrected chi connectivity index (χ2v) is 4.88. The van der Waals surface area contributed by atoms with Crippen molar-refractivity contribution < 1.29 is 10.0 Å². The van der Waals surface area contributed by atoms with Gasteiger partial charge in [0.25, 0.3) is 5.69 Å². The number of nitro groups is 1. The maximum atomic E-state index is 11.0. The highest BCUT2D eigenvalue weighted by Gasteiger charge is 2.15. The van der Waals surface area contributed by atoms with Crippen LogP contribution in [0.2, 0.25) is 0 Å². The van der Waals surface area contributed by atoms with E-state index in [1.54, 1.807) is 37.3 Å². The van der Waals surface area contributed by atoms with Crippen molar-refractivity contribution in [2.45, 2.75) is 16.7 Å². The van der Waals surface area contributed by atoms with Crippen LogP contribution >= 0.6 is 11.8 Å². The summed E-state index contributed by atoms with van der Waals surface area (Å²) < 4.78 is 0. The summed E-state index contributed by atoms with van der Waals surface area (Å²) >= 11 is 1.19. The Kier molecular flexibility index (Phi) is 3.53. The van der Waals surface area contributed by atoms with E-state index in [4.69, 9.17) is 0 Å². The Hall–Kier alpha value is -2.01. The van der Waals surface area contributed by atoms with E-state index in [9.17, 15) is 15.2 Å². The zero-order valence-corrected chi connectivity index (χ0v) is 10.5. The topological polar surface area (TPSA) is 63.4 Å². The van der Waals surface area contributed by atoms with Crippen LogP contribution in [0.3, 0.4) is 0 Å². The molecule has 0 heterocycles. The molecule has 4 nitrogen and oxygen atoms in total. The minimum absolute atomic E-state index is 0.0586. The first-order chi connectivity index (χ1) is 8.58. The van der Waals surface area contributed by atoms with Crippen LogP contribution in [0.1, 0.15) is 5.56 Å². The molecule has 2 rings (SSSR count). The number of hydrogen-bond acceptors (Lipinski definition) is 4. The summed E-state index contributed by atoms with van der Waals surface area (Å²) in [5, 5.41) is 20.6. The Morgan fingerprint density at radius 1 is 1.17 bits per heavy atom. The summed E-state index contributed by atoms with van der Waals surface area (Å²) in [6.45, 7) is 1.81. The molecule has 5 heteroatoms. The molecule has 0 amide bonds. The van der Waals surface area contributed by atoms with Crippen LogP contribution in [0.15, 0.2) is 52.3 Å². The smallest absolute Gasteiger partial charge is 0.283 e. The van der Waals surface area contributed by atoms with Crippen LogP contribution in [0.4, 0.5) is 5.69 Å². The molecule has 0 spiro atoms. The fourth-order valence-corrected chi connectivity index (χ4v) is 2.45. The van der Waals surface area contributed by atoms with Crippen LogP contribution in [0.25, 0.3) is 0 Å². The summed E-state index contributed by atoms with van der Waals surface area (Å²) in [4.78, 5) is 11.7. The molecule has 0 aliphatic carbocycles. The van der Waals surface area contributed by atoms with Crippen LogP contribution in [0, 0.1) is 17.0 Å². The highest BCUT2D eigenvalue weighted by molar-refractivity contribution is 7.99. The molecule has 92 valence electrons. The van der Waals surface area contributed by atoms with Gasteiger partial charge in [-0.1, -0.05) is 30.0 Å². The lowest BCUT2D eigenvalue weighted by atomic mass is 10.2. The summed E-state index contributed by atoms with van der Waals surface area (Å²) in [5.74, 6) is 0.123. The van der Waals surface area contributed by atoms with Crippen molar-refractivity contribution >= 4 is 17.4 Å². The van der Waals surface area contributed by atoms with E-state index >= 15 is 0 Å². The summed E-state index contributed by atoms with van der Waals surface area (Å²) in [5.41, 5.74) is 0.895. The van der Waals surface area contributed by atoms with Gasteiger partial charge in [-0.2, -0.15) is 0 Å². The Balaban J connectivity index is 2.41. The molecule has 2 aromatic carbocycles. The quantitative estimate of drug-likeness (QED) is 0.675. The zero-order valence-electron chi connectivity index (χ0n) is 9.66. The minimum Gasteiger partial charge on any atom is -0.507 e. The van der Waals surface area contributed by atoms with Crippen molar-refractivity contribution in [2.24, 2.45) is 0 Å². The third-order valence-electron chi connectivity index (χ3n) is 2.40. The second kappa shape index (κ2) is 5.10. The van der Waals surface area contributed by atoms with Gasteiger partial charge in [-0.25, -0.2) is 0 Å². The molecule has 0 bridgehead atoms. The van der Waals surface area contributed by atoms with E-state index < -0.39 is 4.92 Å². The number of nitrogens with zero attached hydrogens (tertiary/aromatic N) is 1. The summed E-state index contributed by atoms with van der Waals surface area (Å²) in [6.07, 6.45) is 0. The van der Waals surface area contributed by atoms with E-state index in [0.29, 0.717) is 9.79 Å². The third-order valence-corrected chi connectivity index (χ3v) is 3.53. The number of nitro benzene ring substituents is 1. The number of aromatic hydroxyl groups is 1. The first kappa shape index (κ1) is 12.4. The molecule has 0 unspecified atom stereocenters. The summed E-state index contributed by atoms with van der Waals surface area (Å²) in [7, 11) is 0. The zero-order chi connectivity index (χ0) is 13.1. The third kappa shape index (κ3) is 2.62. The van der Waals surface area contributed by atoms with Gasteiger partial charge in [0.05, 0.1) is 14.7 Å². The first-order valence-corrected chi connectivity index (χ1v) is 6.10. The molecule has 0 aromatic heterocycles. The van der Waals surface area contributed by atoms with E-state index in [1.165, 1.54) is 17.8 Å². The Labute approximate surface area is 108 Å². The summed E-state index contributed by atoms with van der Waals surface area (Å²) in [6, 6.07) is 11.8. The molecule has 2 aromatic rings. The van der Waals surface area contributed by atoms with Gasteiger partial charge in [-0.15, -0.1) is 0 Å². The van der Waals surface area contributed by atoms with Crippen LogP contribution in [-0.2, 0) is 0 Å². The van der Waals surface area contributed by atoms with Gasteiger partial charge in [0.15, 0.2) is 0 Å². The highest BCUT2D eigenvalue weighted by atomic mass is 32.2. The Bertz CT molecular complexity index is 599. The largest absolute Gasteiger partial charge is 0.507 e. The molecule has 0 atom stereocenters. The van der Waals surface area contributed by atoms with Gasteiger partial charge in [0, 0.05) is 6.07 Å². The van der Waals surface area contributed by atoms with Crippen LogP contribution < -0.4 is 0 Å². The Morgan fingerprint density at radius 3 is 2.56 bits per heavy atom. The first-order valence-electron chi connectivity index (χ1n) is 5.29. The van der Waals surface area contributed by atoms with E-state index in [2.05, 4.69) is 0 Å². The molecule has 0 fully saturated rings. The average molecular weight is 261 g/mol. The van der Waals surface area contributed by atoms with Gasteiger partial charge in [0.2, 0.25) is 0 Å². The normalized spacial score (nSPS) is 10.3. The maximum Gasteiger partial charge on any atom is 0.283 e. The molecular weight excluding hydrogens is 250 g/mol. The number of hydrogen-bond donors (Lipinski definition) is 1. The van der Waals surface area contributed by atoms with Gasteiger partial charge in [0.1, 0.15) is 5.75 Å². The number of rotatable bonds is 3. The number of aryl methyl sites for hydroxylation is 1. The number of phenolic OH excluding ortho intramolecular Hbond substituents is 1. The fourth-order valence-electron chi connectivity index (χ4n) is 1.52. The van der Waals surface area contributed by atoms with Crippen molar-refractivity contribution in [3.05, 3.63) is 58.1 Å².